The van der Waals surface area contributed by atoms with E-state index in [9.17, 15) is 4.79 Å². The van der Waals surface area contributed by atoms with Gasteiger partial charge in [-0.05, 0) is 61.4 Å². The SMILES string of the molecule is CCN(CC)c1ccc(NC(=O)Nc2ccc(-c3ccccc3)cc2)cc1. The Kier molecular flexibility index (Phi) is 6.10. The Hall–Kier alpha value is -3.27. The van der Waals surface area contributed by atoms with Crippen LogP contribution in [0.4, 0.5) is 21.9 Å². The van der Waals surface area contributed by atoms with Crippen molar-refractivity contribution in [1.29, 1.82) is 0 Å². The molecule has 3 aromatic rings. The van der Waals surface area contributed by atoms with Gasteiger partial charge in [-0.1, -0.05) is 42.5 Å². The van der Waals surface area contributed by atoms with Crippen molar-refractivity contribution in [2.45, 2.75) is 13.8 Å². The van der Waals surface area contributed by atoms with Crippen molar-refractivity contribution in [3.8, 4) is 11.1 Å². The summed E-state index contributed by atoms with van der Waals surface area (Å²) < 4.78 is 0. The maximum absolute atomic E-state index is 12.2. The van der Waals surface area contributed by atoms with Crippen molar-refractivity contribution in [2.75, 3.05) is 28.6 Å². The summed E-state index contributed by atoms with van der Waals surface area (Å²) in [7, 11) is 0. The predicted octanol–water partition coefficient (Wildman–Crippen LogP) is 5.84. The van der Waals surface area contributed by atoms with Gasteiger partial charge in [0, 0.05) is 30.2 Å². The minimum Gasteiger partial charge on any atom is -0.372 e. The first kappa shape index (κ1) is 18.5. The quantitative estimate of drug-likeness (QED) is 0.580. The number of carbonyl (C=O) groups excluding carboxylic acids is 1. The van der Waals surface area contributed by atoms with Gasteiger partial charge in [0.2, 0.25) is 0 Å². The number of nitrogens with zero attached hydrogens (tertiary/aromatic N) is 1. The summed E-state index contributed by atoms with van der Waals surface area (Å²) in [5, 5.41) is 5.74. The lowest BCUT2D eigenvalue weighted by Gasteiger charge is -2.21. The van der Waals surface area contributed by atoms with Gasteiger partial charge in [-0.2, -0.15) is 0 Å². The van der Waals surface area contributed by atoms with E-state index in [1.807, 2.05) is 66.7 Å². The standard InChI is InChI=1S/C23H25N3O/c1-3-26(4-2)22-16-14-21(15-17-22)25-23(27)24-20-12-10-19(11-13-20)18-8-6-5-7-9-18/h5-17H,3-4H2,1-2H3,(H2,24,25,27). The van der Waals surface area contributed by atoms with E-state index in [2.05, 4.69) is 41.5 Å². The van der Waals surface area contributed by atoms with Crippen LogP contribution in [0.15, 0.2) is 78.9 Å². The van der Waals surface area contributed by atoms with Gasteiger partial charge in [-0.15, -0.1) is 0 Å². The Morgan fingerprint density at radius 3 is 1.70 bits per heavy atom. The molecular formula is C23H25N3O. The molecular weight excluding hydrogens is 334 g/mol. The lowest BCUT2D eigenvalue weighted by molar-refractivity contribution is 0.262. The fourth-order valence-electron chi connectivity index (χ4n) is 3.01. The van der Waals surface area contributed by atoms with Crippen molar-refractivity contribution in [3.05, 3.63) is 78.9 Å². The zero-order chi connectivity index (χ0) is 19.1. The number of urea groups is 1. The summed E-state index contributed by atoms with van der Waals surface area (Å²) in [5.41, 5.74) is 4.95. The minimum absolute atomic E-state index is 0.252. The maximum Gasteiger partial charge on any atom is 0.323 e. The molecule has 0 aliphatic heterocycles. The summed E-state index contributed by atoms with van der Waals surface area (Å²) in [6.45, 7) is 6.18. The van der Waals surface area contributed by atoms with Gasteiger partial charge in [-0.3, -0.25) is 0 Å². The summed E-state index contributed by atoms with van der Waals surface area (Å²) in [5.74, 6) is 0. The van der Waals surface area contributed by atoms with E-state index < -0.39 is 0 Å². The van der Waals surface area contributed by atoms with Crippen LogP contribution < -0.4 is 15.5 Å². The van der Waals surface area contributed by atoms with E-state index in [4.69, 9.17) is 0 Å². The molecule has 0 saturated carbocycles. The third-order valence-corrected chi connectivity index (χ3v) is 4.50. The molecule has 0 unspecified atom stereocenters. The second kappa shape index (κ2) is 8.90. The highest BCUT2D eigenvalue weighted by Crippen LogP contribution is 2.21. The highest BCUT2D eigenvalue weighted by atomic mass is 16.2. The molecule has 138 valence electrons. The van der Waals surface area contributed by atoms with Gasteiger partial charge in [-0.25, -0.2) is 4.79 Å². The third-order valence-electron chi connectivity index (χ3n) is 4.50. The summed E-state index contributed by atoms with van der Waals surface area (Å²) >= 11 is 0. The van der Waals surface area contributed by atoms with Crippen LogP contribution in [0.2, 0.25) is 0 Å². The van der Waals surface area contributed by atoms with Gasteiger partial charge < -0.3 is 15.5 Å². The molecule has 0 aliphatic carbocycles. The van der Waals surface area contributed by atoms with Crippen LogP contribution in [0, 0.1) is 0 Å². The molecule has 2 N–H and O–H groups in total. The van der Waals surface area contributed by atoms with Crippen LogP contribution in [0.3, 0.4) is 0 Å². The summed E-state index contributed by atoms with van der Waals surface area (Å²) in [4.78, 5) is 14.5. The molecule has 3 aromatic carbocycles. The average molecular weight is 359 g/mol. The van der Waals surface area contributed by atoms with Gasteiger partial charge >= 0.3 is 6.03 Å². The normalized spacial score (nSPS) is 10.3. The van der Waals surface area contributed by atoms with Crippen LogP contribution in [-0.4, -0.2) is 19.1 Å². The van der Waals surface area contributed by atoms with Crippen molar-refractivity contribution < 1.29 is 4.79 Å². The highest BCUT2D eigenvalue weighted by Gasteiger charge is 2.05. The average Bonchev–Trinajstić information content (AvgIpc) is 2.71. The predicted molar refractivity (Wildman–Crippen MR) is 115 cm³/mol. The first-order valence-electron chi connectivity index (χ1n) is 9.28. The molecule has 3 rings (SSSR count). The van der Waals surface area contributed by atoms with E-state index in [0.29, 0.717) is 0 Å². The van der Waals surface area contributed by atoms with Crippen LogP contribution in [0.1, 0.15) is 13.8 Å². The lowest BCUT2D eigenvalue weighted by atomic mass is 10.1. The smallest absolute Gasteiger partial charge is 0.323 e. The molecule has 0 aliphatic rings. The molecule has 2 amide bonds. The monoisotopic (exact) mass is 359 g/mol. The lowest BCUT2D eigenvalue weighted by Crippen LogP contribution is -2.22. The molecule has 27 heavy (non-hydrogen) atoms. The third kappa shape index (κ3) is 4.88. The molecule has 4 heteroatoms. The number of hydrogen-bond acceptors (Lipinski definition) is 2. The van der Waals surface area contributed by atoms with Crippen LogP contribution in [0.25, 0.3) is 11.1 Å². The topological polar surface area (TPSA) is 44.4 Å². The summed E-state index contributed by atoms with van der Waals surface area (Å²) in [6.07, 6.45) is 0. The Labute approximate surface area is 160 Å². The number of carbonyl (C=O) groups is 1. The van der Waals surface area contributed by atoms with E-state index in [-0.39, 0.29) is 6.03 Å². The number of amides is 2. The van der Waals surface area contributed by atoms with Gasteiger partial charge in [0.25, 0.3) is 0 Å². The van der Waals surface area contributed by atoms with Crippen molar-refractivity contribution >= 4 is 23.1 Å². The first-order valence-corrected chi connectivity index (χ1v) is 9.28. The summed E-state index contributed by atoms with van der Waals surface area (Å²) in [6, 6.07) is 25.6. The van der Waals surface area contributed by atoms with E-state index in [0.717, 1.165) is 41.3 Å². The zero-order valence-electron chi connectivity index (χ0n) is 15.8. The zero-order valence-corrected chi connectivity index (χ0v) is 15.8. The number of nitrogens with one attached hydrogen (secondary N) is 2. The van der Waals surface area contributed by atoms with Crippen LogP contribution in [0.5, 0.6) is 0 Å². The van der Waals surface area contributed by atoms with Crippen LogP contribution >= 0.6 is 0 Å². The fraction of sp³-hybridized carbons (Fsp3) is 0.174. The largest absolute Gasteiger partial charge is 0.372 e. The Bertz CT molecular complexity index is 854. The molecule has 0 heterocycles. The van der Waals surface area contributed by atoms with Gasteiger partial charge in [0.05, 0.1) is 0 Å². The second-order valence-electron chi connectivity index (χ2n) is 6.24. The van der Waals surface area contributed by atoms with Crippen molar-refractivity contribution in [1.82, 2.24) is 0 Å². The fourth-order valence-corrected chi connectivity index (χ4v) is 3.01. The molecule has 0 spiro atoms. The van der Waals surface area contributed by atoms with Crippen molar-refractivity contribution in [2.24, 2.45) is 0 Å². The molecule has 4 nitrogen and oxygen atoms in total. The number of rotatable bonds is 6. The molecule has 0 atom stereocenters. The minimum atomic E-state index is -0.252. The molecule has 0 saturated heterocycles. The molecule has 0 fully saturated rings. The van der Waals surface area contributed by atoms with E-state index in [1.54, 1.807) is 0 Å². The first-order chi connectivity index (χ1) is 13.2. The molecule has 0 aromatic heterocycles. The number of anilines is 3. The number of hydrogen-bond donors (Lipinski definition) is 2. The van der Waals surface area contributed by atoms with E-state index in [1.165, 1.54) is 0 Å². The second-order valence-corrected chi connectivity index (χ2v) is 6.24. The van der Waals surface area contributed by atoms with Gasteiger partial charge in [0.1, 0.15) is 0 Å². The number of benzene rings is 3. The molecule has 0 bridgehead atoms. The Morgan fingerprint density at radius 1 is 0.704 bits per heavy atom. The van der Waals surface area contributed by atoms with Crippen molar-refractivity contribution in [3.63, 3.8) is 0 Å². The van der Waals surface area contributed by atoms with E-state index >= 15 is 0 Å². The Morgan fingerprint density at radius 2 is 1.19 bits per heavy atom. The van der Waals surface area contributed by atoms with Gasteiger partial charge in [0.15, 0.2) is 0 Å². The molecule has 0 radical (unpaired) electrons. The Balaban J connectivity index is 1.59. The maximum atomic E-state index is 12.2. The highest BCUT2D eigenvalue weighted by molar-refractivity contribution is 5.99. The van der Waals surface area contributed by atoms with Crippen LogP contribution in [-0.2, 0) is 0 Å².